The maximum Gasteiger partial charge on any atom is 0.328 e. The van der Waals surface area contributed by atoms with Crippen LogP contribution in [0.2, 0.25) is 0 Å². The summed E-state index contributed by atoms with van der Waals surface area (Å²) in [6, 6.07) is 18.4. The number of nitrogens with zero attached hydrogens (tertiary/aromatic N) is 5. The van der Waals surface area contributed by atoms with Gasteiger partial charge in [0.25, 0.3) is 5.91 Å². The molecule has 3 heterocycles. The van der Waals surface area contributed by atoms with E-state index in [2.05, 4.69) is 35.6 Å². The van der Waals surface area contributed by atoms with Crippen molar-refractivity contribution in [3.05, 3.63) is 90.9 Å². The Morgan fingerprint density at radius 2 is 1.76 bits per heavy atom. The fourth-order valence-corrected chi connectivity index (χ4v) is 3.99. The zero-order valence-corrected chi connectivity index (χ0v) is 20.4. The Hall–Kier alpha value is -5.32. The van der Waals surface area contributed by atoms with Gasteiger partial charge in [-0.1, -0.05) is 18.2 Å². The van der Waals surface area contributed by atoms with Gasteiger partial charge in [0.2, 0.25) is 11.9 Å². The van der Waals surface area contributed by atoms with Crippen molar-refractivity contribution < 1.29 is 14.7 Å². The van der Waals surface area contributed by atoms with Crippen molar-refractivity contribution in [3.63, 3.8) is 0 Å². The van der Waals surface area contributed by atoms with Crippen LogP contribution in [0.4, 0.5) is 17.6 Å². The quantitative estimate of drug-likeness (QED) is 0.235. The summed E-state index contributed by atoms with van der Waals surface area (Å²) in [5.41, 5.74) is 3.30. The number of carbonyl (C=O) groups is 2. The number of para-hydroxylation sites is 1. The first-order chi connectivity index (χ1) is 18.5. The second-order valence-corrected chi connectivity index (χ2v) is 8.36. The number of anilines is 3. The van der Waals surface area contributed by atoms with Crippen LogP contribution >= 0.6 is 0 Å². The molecule has 2 aromatic carbocycles. The summed E-state index contributed by atoms with van der Waals surface area (Å²) in [5.74, 6) is -0.870. The largest absolute Gasteiger partial charge is 0.480 e. The normalized spacial score (nSPS) is 11.6. The number of carboxylic acid groups (broad SMARTS) is 1. The van der Waals surface area contributed by atoms with E-state index in [1.165, 1.54) is 0 Å². The lowest BCUT2D eigenvalue weighted by Crippen LogP contribution is -2.47. The lowest BCUT2D eigenvalue weighted by Gasteiger charge is -2.26. The molecule has 190 valence electrons. The number of carbonyl (C=O) groups excluding carboxylic acids is 1. The first-order valence-electron chi connectivity index (χ1n) is 11.8. The zero-order chi connectivity index (χ0) is 26.5. The summed E-state index contributed by atoms with van der Waals surface area (Å²) >= 11 is 0. The predicted octanol–water partition coefficient (Wildman–Crippen LogP) is 3.48. The van der Waals surface area contributed by atoms with Crippen molar-refractivity contribution in [2.45, 2.75) is 6.04 Å². The smallest absolute Gasteiger partial charge is 0.328 e. The van der Waals surface area contributed by atoms with Crippen molar-refractivity contribution in [1.29, 1.82) is 0 Å². The molecule has 5 rings (SSSR count). The molecule has 4 N–H and O–H groups in total. The van der Waals surface area contributed by atoms with Crippen molar-refractivity contribution >= 4 is 40.4 Å². The number of nitrogens with one attached hydrogen (secondary N) is 3. The molecule has 0 radical (unpaired) electrons. The molecule has 11 nitrogen and oxygen atoms in total. The van der Waals surface area contributed by atoms with E-state index >= 15 is 0 Å². The van der Waals surface area contributed by atoms with Gasteiger partial charge in [0.1, 0.15) is 6.04 Å². The van der Waals surface area contributed by atoms with E-state index in [1.807, 2.05) is 36.4 Å². The van der Waals surface area contributed by atoms with Crippen LogP contribution in [0.25, 0.3) is 22.3 Å². The summed E-state index contributed by atoms with van der Waals surface area (Å²) in [6.45, 7) is -0.0762. The van der Waals surface area contributed by atoms with Crippen molar-refractivity contribution in [2.24, 2.45) is 0 Å². The van der Waals surface area contributed by atoms with Gasteiger partial charge in [0.05, 0.1) is 17.9 Å². The third kappa shape index (κ3) is 5.26. The molecule has 0 aliphatic carbocycles. The topological polar surface area (TPSA) is 149 Å². The minimum atomic E-state index is -1.23. The van der Waals surface area contributed by atoms with Crippen LogP contribution in [0, 0.1) is 0 Å². The Morgan fingerprint density at radius 1 is 0.974 bits per heavy atom. The number of aliphatic carboxylic acids is 1. The summed E-state index contributed by atoms with van der Waals surface area (Å²) in [7, 11) is 1.74. The molecule has 0 unspecified atom stereocenters. The predicted molar refractivity (Wildman–Crippen MR) is 143 cm³/mol. The molecule has 1 atom stereocenters. The number of aromatic nitrogens is 5. The van der Waals surface area contributed by atoms with Gasteiger partial charge in [-0.3, -0.25) is 4.79 Å². The standard InChI is InChI=1S/C27H24N8O3/c1-28-26-29-13-10-21(34-26)22-15-18-14-17(8-9-20(18)32-22)24(36)33-23(25(37)38)16-35(19-6-3-2-4-7-19)27-30-11-5-12-31-27/h2-15,23,32H,16H2,1H3,(H,33,36)(H,37,38)(H,28,29,34)/t23-/m0/s1. The molecular formula is C27H24N8O3. The maximum absolute atomic E-state index is 13.2. The third-order valence-electron chi connectivity index (χ3n) is 5.87. The number of rotatable bonds is 9. The molecule has 5 aromatic rings. The summed E-state index contributed by atoms with van der Waals surface area (Å²) in [5, 5.41) is 16.3. The summed E-state index contributed by atoms with van der Waals surface area (Å²) < 4.78 is 0. The van der Waals surface area contributed by atoms with Gasteiger partial charge in [-0.2, -0.15) is 0 Å². The van der Waals surface area contributed by atoms with Crippen LogP contribution in [0.1, 0.15) is 10.4 Å². The highest BCUT2D eigenvalue weighted by atomic mass is 16.4. The zero-order valence-electron chi connectivity index (χ0n) is 20.4. The van der Waals surface area contributed by atoms with E-state index in [0.29, 0.717) is 28.8 Å². The van der Waals surface area contributed by atoms with E-state index in [9.17, 15) is 14.7 Å². The van der Waals surface area contributed by atoms with Gasteiger partial charge in [0.15, 0.2) is 0 Å². The second kappa shape index (κ2) is 10.7. The van der Waals surface area contributed by atoms with Gasteiger partial charge >= 0.3 is 5.97 Å². The molecule has 3 aromatic heterocycles. The van der Waals surface area contributed by atoms with Crippen molar-refractivity contribution in [3.8, 4) is 11.4 Å². The maximum atomic E-state index is 13.2. The van der Waals surface area contributed by atoms with E-state index in [0.717, 1.165) is 16.6 Å². The molecule has 1 amide bonds. The first-order valence-corrected chi connectivity index (χ1v) is 11.8. The number of aromatic amines is 1. The average Bonchev–Trinajstić information content (AvgIpc) is 3.39. The second-order valence-electron chi connectivity index (χ2n) is 8.36. The lowest BCUT2D eigenvalue weighted by atomic mass is 10.1. The summed E-state index contributed by atoms with van der Waals surface area (Å²) in [4.78, 5) is 47.4. The number of amides is 1. The van der Waals surface area contributed by atoms with Crippen molar-refractivity contribution in [1.82, 2.24) is 30.2 Å². The van der Waals surface area contributed by atoms with E-state index in [4.69, 9.17) is 0 Å². The lowest BCUT2D eigenvalue weighted by molar-refractivity contribution is -0.138. The molecule has 38 heavy (non-hydrogen) atoms. The Bertz CT molecular complexity index is 1530. The van der Waals surface area contributed by atoms with Crippen LogP contribution in [0.15, 0.2) is 85.3 Å². The molecule has 0 saturated carbocycles. The van der Waals surface area contributed by atoms with E-state index < -0.39 is 17.9 Å². The number of benzene rings is 2. The molecule has 0 aliphatic heterocycles. The number of H-pyrrole nitrogens is 1. The highest BCUT2D eigenvalue weighted by Gasteiger charge is 2.26. The molecule has 0 saturated heterocycles. The first kappa shape index (κ1) is 24.4. The molecule has 11 heteroatoms. The Morgan fingerprint density at radius 3 is 2.50 bits per heavy atom. The third-order valence-corrected chi connectivity index (χ3v) is 5.87. The Kier molecular flexibility index (Phi) is 6.89. The molecule has 0 spiro atoms. The minimum Gasteiger partial charge on any atom is -0.480 e. The number of hydrogen-bond donors (Lipinski definition) is 4. The van der Waals surface area contributed by atoms with E-state index in [1.54, 1.807) is 60.9 Å². The summed E-state index contributed by atoms with van der Waals surface area (Å²) in [6.07, 6.45) is 4.81. The van der Waals surface area contributed by atoms with Gasteiger partial charge in [-0.15, -0.1) is 0 Å². The monoisotopic (exact) mass is 508 g/mol. The molecule has 0 fully saturated rings. The highest BCUT2D eigenvalue weighted by molar-refractivity contribution is 6.00. The van der Waals surface area contributed by atoms with Crippen molar-refractivity contribution in [2.75, 3.05) is 23.8 Å². The number of fused-ring (bicyclic) bond motifs is 1. The Balaban J connectivity index is 1.38. The minimum absolute atomic E-state index is 0.0762. The van der Waals surface area contributed by atoms with Gasteiger partial charge < -0.3 is 25.6 Å². The fraction of sp³-hybridized carbons (Fsp3) is 0.111. The van der Waals surface area contributed by atoms with Gasteiger partial charge in [-0.25, -0.2) is 24.7 Å². The van der Waals surface area contributed by atoms with Gasteiger partial charge in [-0.05, 0) is 48.5 Å². The SMILES string of the molecule is CNc1nccc(-c2cc3cc(C(=O)N[C@@H](CN(c4ccccc4)c4ncccn4)C(=O)O)ccc3[nH]2)n1. The van der Waals surface area contributed by atoms with Crippen LogP contribution in [-0.2, 0) is 4.79 Å². The number of hydrogen-bond acceptors (Lipinski definition) is 8. The van der Waals surface area contributed by atoms with Crippen LogP contribution in [0.3, 0.4) is 0 Å². The van der Waals surface area contributed by atoms with Crippen LogP contribution in [0.5, 0.6) is 0 Å². The van der Waals surface area contributed by atoms with Gasteiger partial charge in [0, 0.05) is 47.8 Å². The fourth-order valence-electron chi connectivity index (χ4n) is 3.99. The Labute approximate surface area is 217 Å². The average molecular weight is 509 g/mol. The number of carboxylic acids is 1. The van der Waals surface area contributed by atoms with E-state index in [-0.39, 0.29) is 6.54 Å². The van der Waals surface area contributed by atoms with Crippen LogP contribution < -0.4 is 15.5 Å². The molecule has 0 bridgehead atoms. The molecule has 0 aliphatic rings. The van der Waals surface area contributed by atoms with Crippen LogP contribution in [-0.4, -0.2) is 61.5 Å². The molecular weight excluding hydrogens is 484 g/mol. The highest BCUT2D eigenvalue weighted by Crippen LogP contribution is 2.25.